The molecule has 0 unspecified atom stereocenters. The Morgan fingerprint density at radius 3 is 2.33 bits per heavy atom. The third kappa shape index (κ3) is 5.11. The first-order valence-corrected chi connectivity index (χ1v) is 15.3. The van der Waals surface area contributed by atoms with Crippen molar-refractivity contribution in [2.45, 2.75) is 38.9 Å². The van der Waals surface area contributed by atoms with Crippen LogP contribution in [0.25, 0.3) is 0 Å². The second-order valence-electron chi connectivity index (χ2n) is 3.62. The lowest BCUT2D eigenvalue weighted by molar-refractivity contribution is 0.873. The lowest BCUT2D eigenvalue weighted by Gasteiger charge is -2.18. The molecule has 0 saturated carbocycles. The third-order valence-electron chi connectivity index (χ3n) is 2.16. The van der Waals surface area contributed by atoms with Crippen molar-refractivity contribution in [3.05, 3.63) is 0 Å². The van der Waals surface area contributed by atoms with Gasteiger partial charge in [-0.1, -0.05) is 38.9 Å². The Bertz CT molecular complexity index is 70.7. The lowest BCUT2D eigenvalue weighted by Crippen LogP contribution is -2.34. The van der Waals surface area contributed by atoms with Crippen LogP contribution in [0.5, 0.6) is 0 Å². The van der Waals surface area contributed by atoms with Crippen LogP contribution >= 0.6 is 0 Å². The van der Waals surface area contributed by atoms with Crippen molar-refractivity contribution in [3.8, 4) is 0 Å². The normalized spacial score (nSPS) is 13.7. The van der Waals surface area contributed by atoms with Crippen molar-refractivity contribution in [1.82, 2.24) is 0 Å². The van der Waals surface area contributed by atoms with Gasteiger partial charge < -0.3 is 0 Å². The highest BCUT2D eigenvalue weighted by Crippen LogP contribution is 2.10. The van der Waals surface area contributed by atoms with Crippen LogP contribution in [-0.2, 0) is 0 Å². The maximum atomic E-state index is 2.59. The predicted octanol–water partition coefficient (Wildman–Crippen LogP) is 0.441. The maximum absolute atomic E-state index is 2.59. The van der Waals surface area contributed by atoms with Gasteiger partial charge in [-0.25, -0.2) is 0 Å². The van der Waals surface area contributed by atoms with Gasteiger partial charge in [-0.2, -0.15) is 0 Å². The predicted molar refractivity (Wildman–Crippen MR) is 55.7 cm³/mol. The highest BCUT2D eigenvalue weighted by molar-refractivity contribution is 7.39. The van der Waals surface area contributed by atoms with Gasteiger partial charge in [0, 0.05) is 16.1 Å². The molecule has 0 atom stereocenters. The van der Waals surface area contributed by atoms with Crippen LogP contribution in [0.15, 0.2) is 0 Å². The Morgan fingerprint density at radius 2 is 2.00 bits per heavy atom. The zero-order valence-corrected chi connectivity index (χ0v) is 11.7. The maximum Gasteiger partial charge on any atom is 0.0306 e. The van der Waals surface area contributed by atoms with Gasteiger partial charge in [0.25, 0.3) is 0 Å². The SMILES string of the molecule is CCCC[Si](C)(C)[SiH2][SiH3]. The molecule has 0 aliphatic rings. The molecule has 9 heavy (non-hydrogen) atoms. The molecule has 0 aromatic heterocycles. The Balaban J connectivity index is 3.33. The first-order valence-electron chi connectivity index (χ1n) is 4.12. The average Bonchev–Trinajstić information content (AvgIpc) is 1.84. The standard InChI is InChI=1S/C6H20Si3/c1-4-5-6-9(2,3)8-7/h4-6,8H2,1-3,7H3. The summed E-state index contributed by atoms with van der Waals surface area (Å²) in [6, 6.07) is 1.62. The molecule has 0 radical (unpaired) electrons. The topological polar surface area (TPSA) is 0 Å². The molecule has 0 N–H and O–H groups in total. The number of unbranched alkanes of at least 4 members (excludes halogenated alkanes) is 1. The molecule has 0 aliphatic heterocycles. The first kappa shape index (κ1) is 9.65. The zero-order valence-electron chi connectivity index (χ0n) is 7.33. The molecule has 0 nitrogen and oxygen atoms in total. The Labute approximate surface area is 65.3 Å². The van der Waals surface area contributed by atoms with Crippen LogP contribution < -0.4 is 0 Å². The van der Waals surface area contributed by atoms with Gasteiger partial charge in [0.05, 0.1) is 0 Å². The fraction of sp³-hybridized carbons (Fsp3) is 1.00. The summed E-state index contributed by atoms with van der Waals surface area (Å²) in [7, 11) is 1.57. The van der Waals surface area contributed by atoms with E-state index in [-0.39, 0.29) is 0 Å². The van der Waals surface area contributed by atoms with Crippen molar-refractivity contribution in [2.24, 2.45) is 0 Å². The highest BCUT2D eigenvalue weighted by Gasteiger charge is 2.15. The van der Waals surface area contributed by atoms with Crippen molar-refractivity contribution in [3.63, 3.8) is 0 Å². The minimum Gasteiger partial charge on any atom is -0.0720 e. The molecule has 0 aliphatic carbocycles. The number of rotatable bonds is 4. The molecule has 0 fully saturated rings. The fourth-order valence-corrected chi connectivity index (χ4v) is 7.49. The average molecular weight is 176 g/mol. The highest BCUT2D eigenvalue weighted by atomic mass is 29.5. The molecule has 0 bridgehead atoms. The van der Waals surface area contributed by atoms with Crippen molar-refractivity contribution < 1.29 is 0 Å². The molecule has 0 heterocycles. The van der Waals surface area contributed by atoms with E-state index in [1.54, 1.807) is 15.8 Å². The van der Waals surface area contributed by atoms with E-state index in [0.717, 1.165) is 0 Å². The van der Waals surface area contributed by atoms with Gasteiger partial charge in [-0.05, 0) is 9.76 Å². The molecule has 0 aromatic rings. The van der Waals surface area contributed by atoms with Gasteiger partial charge >= 0.3 is 0 Å². The second kappa shape index (κ2) is 4.46. The molecule has 0 spiro atoms. The third-order valence-corrected chi connectivity index (χ3v) is 29.8. The van der Waals surface area contributed by atoms with E-state index in [9.17, 15) is 0 Å². The molecule has 0 rings (SSSR count). The van der Waals surface area contributed by atoms with Crippen molar-refractivity contribution in [2.75, 3.05) is 0 Å². The minimum atomic E-state index is -0.498. The molecular weight excluding hydrogens is 156 g/mol. The minimum absolute atomic E-state index is 0.498. The Kier molecular flexibility index (Phi) is 4.79. The van der Waals surface area contributed by atoms with Crippen LogP contribution in [0.4, 0.5) is 0 Å². The second-order valence-corrected chi connectivity index (χ2v) is 23.4. The van der Waals surface area contributed by atoms with Crippen LogP contribution in [0.3, 0.4) is 0 Å². The van der Waals surface area contributed by atoms with E-state index in [2.05, 4.69) is 20.0 Å². The Morgan fingerprint density at radius 1 is 1.44 bits per heavy atom. The molecule has 0 saturated heterocycles. The van der Waals surface area contributed by atoms with E-state index in [4.69, 9.17) is 0 Å². The summed E-state index contributed by atoms with van der Waals surface area (Å²) in [5, 5.41) is 0. The van der Waals surface area contributed by atoms with Gasteiger partial charge in [-0.3, -0.25) is 0 Å². The quantitative estimate of drug-likeness (QED) is 0.546. The van der Waals surface area contributed by atoms with Crippen LogP contribution in [0.1, 0.15) is 19.8 Å². The summed E-state index contributed by atoms with van der Waals surface area (Å²) < 4.78 is 0. The summed E-state index contributed by atoms with van der Waals surface area (Å²) in [6.07, 6.45) is 2.92. The van der Waals surface area contributed by atoms with E-state index in [0.29, 0.717) is 8.55 Å². The number of hydrogen-bond donors (Lipinski definition) is 0. The molecule has 3 heteroatoms. The molecule has 0 amide bonds. The summed E-state index contributed by atoms with van der Waals surface area (Å²) >= 11 is 0. The summed E-state index contributed by atoms with van der Waals surface area (Å²) in [5.41, 5.74) is 0. The van der Waals surface area contributed by atoms with Gasteiger partial charge in [-0.15, -0.1) is 0 Å². The largest absolute Gasteiger partial charge is 0.0720 e. The van der Waals surface area contributed by atoms with Crippen molar-refractivity contribution >= 4 is 25.9 Å². The van der Waals surface area contributed by atoms with E-state index < -0.39 is 7.59 Å². The van der Waals surface area contributed by atoms with E-state index in [1.807, 2.05) is 0 Å². The smallest absolute Gasteiger partial charge is 0.0306 e. The molecular formula is C6H20Si3. The van der Waals surface area contributed by atoms with E-state index in [1.165, 1.54) is 12.8 Å². The fourth-order valence-electron chi connectivity index (χ4n) is 0.832. The monoisotopic (exact) mass is 176 g/mol. The Hall–Kier alpha value is 0.651. The zero-order chi connectivity index (χ0) is 7.33. The van der Waals surface area contributed by atoms with Crippen LogP contribution in [-0.4, -0.2) is 25.9 Å². The molecule has 56 valence electrons. The van der Waals surface area contributed by atoms with Crippen LogP contribution in [0.2, 0.25) is 19.1 Å². The van der Waals surface area contributed by atoms with Gasteiger partial charge in [0.15, 0.2) is 0 Å². The van der Waals surface area contributed by atoms with Crippen molar-refractivity contribution in [1.29, 1.82) is 0 Å². The summed E-state index contributed by atoms with van der Waals surface area (Å²) in [6.45, 7) is 7.48. The van der Waals surface area contributed by atoms with Gasteiger partial charge in [0.2, 0.25) is 0 Å². The lowest BCUT2D eigenvalue weighted by atomic mass is 10.4. The summed E-state index contributed by atoms with van der Waals surface area (Å²) in [4.78, 5) is 0. The van der Waals surface area contributed by atoms with Gasteiger partial charge in [0.1, 0.15) is 0 Å². The van der Waals surface area contributed by atoms with E-state index >= 15 is 0 Å². The molecule has 0 aromatic carbocycles. The van der Waals surface area contributed by atoms with Crippen LogP contribution in [0, 0.1) is 0 Å². The first-order chi connectivity index (χ1) is 4.12. The number of hydrogen-bond acceptors (Lipinski definition) is 0. The summed E-state index contributed by atoms with van der Waals surface area (Å²) in [5.74, 6) is 0.